The average Bonchev–Trinajstić information content (AvgIpc) is 2.60. The number of rotatable bonds is 8. The number of halogens is 1. The summed E-state index contributed by atoms with van der Waals surface area (Å²) in [6, 6.07) is 11.8. The van der Waals surface area contributed by atoms with Crippen molar-refractivity contribution in [1.82, 2.24) is 4.90 Å². The molecule has 0 aliphatic carbocycles. The monoisotopic (exact) mass is 372 g/mol. The highest BCUT2D eigenvalue weighted by Gasteiger charge is 2.17. The summed E-state index contributed by atoms with van der Waals surface area (Å²) in [7, 11) is 0. The first-order chi connectivity index (χ1) is 12.9. The Kier molecular flexibility index (Phi) is 7.49. The lowest BCUT2D eigenvalue weighted by atomic mass is 10.1. The minimum absolute atomic E-state index is 0.0178. The van der Waals surface area contributed by atoms with Crippen LogP contribution in [0.1, 0.15) is 23.6 Å². The maximum Gasteiger partial charge on any atom is 0.320 e. The van der Waals surface area contributed by atoms with Crippen LogP contribution in [-0.2, 0) is 20.9 Å². The van der Waals surface area contributed by atoms with Gasteiger partial charge < -0.3 is 10.1 Å². The minimum atomic E-state index is -0.403. The van der Waals surface area contributed by atoms with E-state index < -0.39 is 5.97 Å². The lowest BCUT2D eigenvalue weighted by molar-refractivity contribution is -0.144. The molecule has 0 aromatic heterocycles. The summed E-state index contributed by atoms with van der Waals surface area (Å²) in [6.07, 6.45) is 0. The van der Waals surface area contributed by atoms with Crippen molar-refractivity contribution in [3.63, 3.8) is 0 Å². The fourth-order valence-corrected chi connectivity index (χ4v) is 2.80. The number of carbonyl (C=O) groups excluding carboxylic acids is 2. The second-order valence-corrected chi connectivity index (χ2v) is 6.39. The van der Waals surface area contributed by atoms with Gasteiger partial charge in [0, 0.05) is 12.2 Å². The van der Waals surface area contributed by atoms with Crippen LogP contribution in [0.2, 0.25) is 0 Å². The predicted molar refractivity (Wildman–Crippen MR) is 103 cm³/mol. The highest BCUT2D eigenvalue weighted by atomic mass is 19.1. The number of aryl methyl sites for hydroxylation is 2. The normalized spacial score (nSPS) is 10.7. The molecule has 0 radical (unpaired) electrons. The molecule has 0 spiro atoms. The summed E-state index contributed by atoms with van der Waals surface area (Å²) in [5, 5.41) is 2.92. The SMILES string of the molecule is CCOC(=O)CN(CC(=O)Nc1c(C)cccc1C)Cc1ccc(F)cc1. The van der Waals surface area contributed by atoms with Crippen LogP contribution in [0.4, 0.5) is 10.1 Å². The van der Waals surface area contributed by atoms with E-state index in [9.17, 15) is 14.0 Å². The van der Waals surface area contributed by atoms with E-state index in [0.29, 0.717) is 6.54 Å². The van der Waals surface area contributed by atoms with Gasteiger partial charge in [-0.1, -0.05) is 30.3 Å². The van der Waals surface area contributed by atoms with E-state index in [4.69, 9.17) is 4.74 Å². The Morgan fingerprint density at radius 2 is 1.67 bits per heavy atom. The van der Waals surface area contributed by atoms with E-state index in [1.54, 1.807) is 24.0 Å². The van der Waals surface area contributed by atoms with E-state index in [1.807, 2.05) is 32.0 Å². The summed E-state index contributed by atoms with van der Waals surface area (Å²) < 4.78 is 18.1. The first kappa shape index (κ1) is 20.6. The van der Waals surface area contributed by atoms with E-state index in [0.717, 1.165) is 22.4 Å². The number of benzene rings is 2. The number of ether oxygens (including phenoxy) is 1. The number of esters is 1. The lowest BCUT2D eigenvalue weighted by Gasteiger charge is -2.21. The van der Waals surface area contributed by atoms with Gasteiger partial charge in [-0.2, -0.15) is 0 Å². The molecule has 5 nitrogen and oxygen atoms in total. The Bertz CT molecular complexity index is 770. The van der Waals surface area contributed by atoms with Crippen molar-refractivity contribution in [2.75, 3.05) is 25.0 Å². The minimum Gasteiger partial charge on any atom is -0.465 e. The van der Waals surface area contributed by atoms with Crippen LogP contribution < -0.4 is 5.32 Å². The number of nitrogens with zero attached hydrogens (tertiary/aromatic N) is 1. The second kappa shape index (κ2) is 9.83. The Morgan fingerprint density at radius 3 is 2.26 bits per heavy atom. The van der Waals surface area contributed by atoms with Gasteiger partial charge in [-0.05, 0) is 49.6 Å². The van der Waals surface area contributed by atoms with Crippen molar-refractivity contribution in [2.45, 2.75) is 27.3 Å². The van der Waals surface area contributed by atoms with Crippen molar-refractivity contribution >= 4 is 17.6 Å². The molecule has 0 unspecified atom stereocenters. The largest absolute Gasteiger partial charge is 0.465 e. The van der Waals surface area contributed by atoms with Crippen LogP contribution in [0, 0.1) is 19.7 Å². The molecule has 0 saturated heterocycles. The second-order valence-electron chi connectivity index (χ2n) is 6.39. The van der Waals surface area contributed by atoms with Gasteiger partial charge in [0.2, 0.25) is 5.91 Å². The van der Waals surface area contributed by atoms with E-state index in [-0.39, 0.29) is 31.4 Å². The molecule has 0 fully saturated rings. The van der Waals surface area contributed by atoms with Crippen molar-refractivity contribution in [1.29, 1.82) is 0 Å². The summed E-state index contributed by atoms with van der Waals surface area (Å²) in [5.74, 6) is -0.957. The summed E-state index contributed by atoms with van der Waals surface area (Å²) in [5.41, 5.74) is 3.53. The molecule has 6 heteroatoms. The number of anilines is 1. The zero-order chi connectivity index (χ0) is 19.8. The fraction of sp³-hybridized carbons (Fsp3) is 0.333. The molecule has 0 heterocycles. The number of hydrogen-bond acceptors (Lipinski definition) is 4. The van der Waals surface area contributed by atoms with Gasteiger partial charge in [0.05, 0.1) is 19.7 Å². The van der Waals surface area contributed by atoms with Crippen LogP contribution in [0.25, 0.3) is 0 Å². The number of nitrogens with one attached hydrogen (secondary N) is 1. The quantitative estimate of drug-likeness (QED) is 0.721. The summed E-state index contributed by atoms with van der Waals surface area (Å²) in [6.45, 7) is 6.19. The molecule has 2 rings (SSSR count). The van der Waals surface area contributed by atoms with Crippen LogP contribution in [0.15, 0.2) is 42.5 Å². The Hall–Kier alpha value is -2.73. The highest BCUT2D eigenvalue weighted by molar-refractivity contribution is 5.94. The van der Waals surface area contributed by atoms with Crippen LogP contribution in [0.3, 0.4) is 0 Å². The first-order valence-electron chi connectivity index (χ1n) is 8.87. The average molecular weight is 372 g/mol. The molecule has 0 saturated carbocycles. The number of amides is 1. The van der Waals surface area contributed by atoms with Gasteiger partial charge in [-0.15, -0.1) is 0 Å². The predicted octanol–water partition coefficient (Wildman–Crippen LogP) is 3.45. The Balaban J connectivity index is 2.08. The highest BCUT2D eigenvalue weighted by Crippen LogP contribution is 2.19. The molecule has 0 bridgehead atoms. The smallest absolute Gasteiger partial charge is 0.320 e. The first-order valence-corrected chi connectivity index (χ1v) is 8.87. The third kappa shape index (κ3) is 6.49. The third-order valence-electron chi connectivity index (χ3n) is 4.09. The summed E-state index contributed by atoms with van der Waals surface area (Å²) in [4.78, 5) is 26.1. The number of para-hydroxylation sites is 1. The standard InChI is InChI=1S/C21H25FN2O3/c1-4-27-20(26)14-24(12-17-8-10-18(22)11-9-17)13-19(25)23-21-15(2)6-5-7-16(21)3/h5-11H,4,12-14H2,1-3H3,(H,23,25). The van der Waals surface area contributed by atoms with Gasteiger partial charge >= 0.3 is 5.97 Å². The molecule has 1 N–H and O–H groups in total. The molecule has 1 amide bonds. The zero-order valence-corrected chi connectivity index (χ0v) is 15.9. The molecular weight excluding hydrogens is 347 g/mol. The maximum absolute atomic E-state index is 13.1. The zero-order valence-electron chi connectivity index (χ0n) is 15.9. The topological polar surface area (TPSA) is 58.6 Å². The van der Waals surface area contributed by atoms with Crippen LogP contribution in [0.5, 0.6) is 0 Å². The molecular formula is C21H25FN2O3. The molecule has 2 aromatic rings. The fourth-order valence-electron chi connectivity index (χ4n) is 2.80. The molecule has 0 atom stereocenters. The molecule has 144 valence electrons. The number of hydrogen-bond donors (Lipinski definition) is 1. The number of carbonyl (C=O) groups is 2. The van der Waals surface area contributed by atoms with Gasteiger partial charge in [-0.3, -0.25) is 14.5 Å². The van der Waals surface area contributed by atoms with Gasteiger partial charge in [0.25, 0.3) is 0 Å². The van der Waals surface area contributed by atoms with Gasteiger partial charge in [-0.25, -0.2) is 4.39 Å². The lowest BCUT2D eigenvalue weighted by Crippen LogP contribution is -2.37. The third-order valence-corrected chi connectivity index (χ3v) is 4.09. The molecule has 2 aromatic carbocycles. The van der Waals surface area contributed by atoms with Crippen molar-refractivity contribution in [3.8, 4) is 0 Å². The van der Waals surface area contributed by atoms with Gasteiger partial charge in [0.15, 0.2) is 0 Å². The van der Waals surface area contributed by atoms with E-state index >= 15 is 0 Å². The Labute approximate surface area is 159 Å². The van der Waals surface area contributed by atoms with Crippen LogP contribution >= 0.6 is 0 Å². The van der Waals surface area contributed by atoms with E-state index in [2.05, 4.69) is 5.32 Å². The van der Waals surface area contributed by atoms with Crippen molar-refractivity contribution < 1.29 is 18.7 Å². The summed E-state index contributed by atoms with van der Waals surface area (Å²) >= 11 is 0. The van der Waals surface area contributed by atoms with Crippen molar-refractivity contribution in [3.05, 3.63) is 65.0 Å². The van der Waals surface area contributed by atoms with Crippen LogP contribution in [-0.4, -0.2) is 36.5 Å². The van der Waals surface area contributed by atoms with Crippen molar-refractivity contribution in [2.24, 2.45) is 0 Å². The molecule has 0 aliphatic heterocycles. The van der Waals surface area contributed by atoms with Gasteiger partial charge in [0.1, 0.15) is 5.82 Å². The molecule has 0 aliphatic rings. The van der Waals surface area contributed by atoms with E-state index in [1.165, 1.54) is 12.1 Å². The maximum atomic E-state index is 13.1. The molecule has 27 heavy (non-hydrogen) atoms. The Morgan fingerprint density at radius 1 is 1.04 bits per heavy atom.